The van der Waals surface area contributed by atoms with E-state index in [0.717, 1.165) is 36.8 Å². The molecular weight excluding hydrogens is 248 g/mol. The lowest BCUT2D eigenvalue weighted by Gasteiger charge is -2.32. The highest BCUT2D eigenvalue weighted by atomic mass is 35.5. The predicted molar refractivity (Wildman–Crippen MR) is 76.3 cm³/mol. The van der Waals surface area contributed by atoms with Gasteiger partial charge < -0.3 is 15.3 Å². The highest BCUT2D eigenvalue weighted by Crippen LogP contribution is 2.24. The largest absolute Gasteiger partial charge is 0.396 e. The molecule has 1 fully saturated rings. The minimum Gasteiger partial charge on any atom is -0.396 e. The predicted octanol–water partition coefficient (Wildman–Crippen LogP) is 2.14. The van der Waals surface area contributed by atoms with Crippen LogP contribution in [0.3, 0.4) is 0 Å². The molecule has 2 atom stereocenters. The molecule has 0 aliphatic carbocycles. The van der Waals surface area contributed by atoms with Crippen LogP contribution < -0.4 is 10.2 Å². The molecule has 0 radical (unpaired) electrons. The van der Waals surface area contributed by atoms with E-state index in [1.807, 2.05) is 18.2 Å². The van der Waals surface area contributed by atoms with Crippen molar-refractivity contribution in [3.63, 3.8) is 0 Å². The number of hydrogen-bond acceptors (Lipinski definition) is 3. The number of nitrogens with one attached hydrogen (secondary N) is 1. The maximum atomic E-state index is 9.22. The summed E-state index contributed by atoms with van der Waals surface area (Å²) in [6.07, 6.45) is 0.784. The first-order valence-corrected chi connectivity index (χ1v) is 6.92. The zero-order valence-corrected chi connectivity index (χ0v) is 11.5. The van der Waals surface area contributed by atoms with Crippen LogP contribution in [0.4, 0.5) is 5.69 Å². The Hall–Kier alpha value is -0.770. The molecule has 18 heavy (non-hydrogen) atoms. The van der Waals surface area contributed by atoms with Gasteiger partial charge in [-0.05, 0) is 37.1 Å². The second-order valence-corrected chi connectivity index (χ2v) is 5.50. The SMILES string of the molecule is CC1CNCC(CCO)N(c2cccc(Cl)c2)C1. The van der Waals surface area contributed by atoms with Crippen LogP contribution in [0.2, 0.25) is 5.02 Å². The number of halogens is 1. The van der Waals surface area contributed by atoms with Gasteiger partial charge in [0.2, 0.25) is 0 Å². The average Bonchev–Trinajstić information content (AvgIpc) is 2.52. The molecule has 100 valence electrons. The molecular formula is C14H21ClN2O. The first-order valence-electron chi connectivity index (χ1n) is 6.54. The average molecular weight is 269 g/mol. The standard InChI is InChI=1S/C14H21ClN2O/c1-11-8-16-9-14(5-6-18)17(10-11)13-4-2-3-12(15)7-13/h2-4,7,11,14,16,18H,5-6,8-10H2,1H3. The van der Waals surface area contributed by atoms with Crippen LogP contribution in [0.5, 0.6) is 0 Å². The van der Waals surface area contributed by atoms with Gasteiger partial charge in [0, 0.05) is 36.4 Å². The Labute approximate surface area is 114 Å². The van der Waals surface area contributed by atoms with Gasteiger partial charge in [0.05, 0.1) is 0 Å². The van der Waals surface area contributed by atoms with E-state index in [9.17, 15) is 5.11 Å². The number of rotatable bonds is 3. The second kappa shape index (κ2) is 6.41. The van der Waals surface area contributed by atoms with Crippen molar-refractivity contribution >= 4 is 17.3 Å². The van der Waals surface area contributed by atoms with Crippen LogP contribution in [0.15, 0.2) is 24.3 Å². The summed E-state index contributed by atoms with van der Waals surface area (Å²) in [4.78, 5) is 2.37. The van der Waals surface area contributed by atoms with E-state index in [1.165, 1.54) is 0 Å². The molecule has 1 saturated heterocycles. The molecule has 0 spiro atoms. The van der Waals surface area contributed by atoms with Gasteiger partial charge in [-0.15, -0.1) is 0 Å². The van der Waals surface area contributed by atoms with Crippen molar-refractivity contribution in [1.82, 2.24) is 5.32 Å². The Morgan fingerprint density at radius 2 is 2.28 bits per heavy atom. The minimum atomic E-state index is 0.220. The highest BCUT2D eigenvalue weighted by Gasteiger charge is 2.23. The van der Waals surface area contributed by atoms with Gasteiger partial charge in [0.1, 0.15) is 0 Å². The number of benzene rings is 1. The van der Waals surface area contributed by atoms with Crippen LogP contribution >= 0.6 is 11.6 Å². The molecule has 4 heteroatoms. The quantitative estimate of drug-likeness (QED) is 0.882. The third-order valence-electron chi connectivity index (χ3n) is 3.42. The van der Waals surface area contributed by atoms with Gasteiger partial charge in [0.15, 0.2) is 0 Å². The lowest BCUT2D eigenvalue weighted by molar-refractivity contribution is 0.272. The second-order valence-electron chi connectivity index (χ2n) is 5.06. The summed E-state index contributed by atoms with van der Waals surface area (Å²) in [6, 6.07) is 8.30. The van der Waals surface area contributed by atoms with Crippen LogP contribution in [0.1, 0.15) is 13.3 Å². The van der Waals surface area contributed by atoms with E-state index in [-0.39, 0.29) is 6.61 Å². The summed E-state index contributed by atoms with van der Waals surface area (Å²) in [5.74, 6) is 0.590. The third kappa shape index (κ3) is 3.37. The first-order chi connectivity index (χ1) is 8.70. The summed E-state index contributed by atoms with van der Waals surface area (Å²) in [5.41, 5.74) is 1.15. The summed E-state index contributed by atoms with van der Waals surface area (Å²) < 4.78 is 0. The summed E-state index contributed by atoms with van der Waals surface area (Å²) >= 11 is 6.07. The molecule has 0 bridgehead atoms. The molecule has 0 amide bonds. The number of aliphatic hydroxyl groups excluding tert-OH is 1. The Kier molecular flexibility index (Phi) is 4.87. The van der Waals surface area contributed by atoms with Gasteiger partial charge in [-0.2, -0.15) is 0 Å². The summed E-state index contributed by atoms with van der Waals surface area (Å²) in [6.45, 7) is 5.40. The summed E-state index contributed by atoms with van der Waals surface area (Å²) in [5, 5.41) is 13.4. The van der Waals surface area contributed by atoms with Crippen molar-refractivity contribution in [2.24, 2.45) is 5.92 Å². The Bertz CT molecular complexity index is 386. The number of hydrogen-bond donors (Lipinski definition) is 2. The van der Waals surface area contributed by atoms with E-state index in [1.54, 1.807) is 0 Å². The molecule has 2 unspecified atom stereocenters. The van der Waals surface area contributed by atoms with Gasteiger partial charge >= 0.3 is 0 Å². The van der Waals surface area contributed by atoms with E-state index in [0.29, 0.717) is 12.0 Å². The molecule has 2 rings (SSSR count). The third-order valence-corrected chi connectivity index (χ3v) is 3.66. The Morgan fingerprint density at radius 3 is 3.00 bits per heavy atom. The van der Waals surface area contributed by atoms with Crippen molar-refractivity contribution in [2.75, 3.05) is 31.1 Å². The highest BCUT2D eigenvalue weighted by molar-refractivity contribution is 6.30. The van der Waals surface area contributed by atoms with Crippen LogP contribution in [-0.4, -0.2) is 37.4 Å². The van der Waals surface area contributed by atoms with Gasteiger partial charge in [-0.25, -0.2) is 0 Å². The molecule has 1 aliphatic rings. The van der Waals surface area contributed by atoms with Crippen molar-refractivity contribution in [3.05, 3.63) is 29.3 Å². The minimum absolute atomic E-state index is 0.220. The molecule has 3 nitrogen and oxygen atoms in total. The zero-order chi connectivity index (χ0) is 13.0. The van der Waals surface area contributed by atoms with Gasteiger partial charge in [-0.1, -0.05) is 24.6 Å². The van der Waals surface area contributed by atoms with Crippen molar-refractivity contribution in [3.8, 4) is 0 Å². The monoisotopic (exact) mass is 268 g/mol. The zero-order valence-electron chi connectivity index (χ0n) is 10.8. The van der Waals surface area contributed by atoms with Crippen LogP contribution in [0, 0.1) is 5.92 Å². The number of anilines is 1. The van der Waals surface area contributed by atoms with Crippen molar-refractivity contribution in [1.29, 1.82) is 0 Å². The van der Waals surface area contributed by atoms with E-state index >= 15 is 0 Å². The van der Waals surface area contributed by atoms with Crippen LogP contribution in [0.25, 0.3) is 0 Å². The number of nitrogens with zero attached hydrogens (tertiary/aromatic N) is 1. The molecule has 2 N–H and O–H groups in total. The van der Waals surface area contributed by atoms with Crippen molar-refractivity contribution < 1.29 is 5.11 Å². The molecule has 1 heterocycles. The van der Waals surface area contributed by atoms with E-state index in [2.05, 4.69) is 23.2 Å². The molecule has 1 aliphatic heterocycles. The maximum absolute atomic E-state index is 9.22. The first kappa shape index (κ1) is 13.7. The molecule has 1 aromatic rings. The molecule has 0 aromatic heterocycles. The van der Waals surface area contributed by atoms with Gasteiger partial charge in [-0.3, -0.25) is 0 Å². The topological polar surface area (TPSA) is 35.5 Å². The van der Waals surface area contributed by atoms with Crippen LogP contribution in [-0.2, 0) is 0 Å². The smallest absolute Gasteiger partial charge is 0.0451 e. The fourth-order valence-corrected chi connectivity index (χ4v) is 2.72. The Morgan fingerprint density at radius 1 is 1.44 bits per heavy atom. The molecule has 1 aromatic carbocycles. The Balaban J connectivity index is 2.23. The summed E-state index contributed by atoms with van der Waals surface area (Å²) in [7, 11) is 0. The lowest BCUT2D eigenvalue weighted by Crippen LogP contribution is -2.41. The van der Waals surface area contributed by atoms with Gasteiger partial charge in [0.25, 0.3) is 0 Å². The fourth-order valence-electron chi connectivity index (χ4n) is 2.53. The van der Waals surface area contributed by atoms with Crippen molar-refractivity contribution in [2.45, 2.75) is 19.4 Å². The number of aliphatic hydroxyl groups is 1. The van der Waals surface area contributed by atoms with E-state index in [4.69, 9.17) is 11.6 Å². The molecule has 0 saturated carbocycles. The fraction of sp³-hybridized carbons (Fsp3) is 0.571. The normalized spacial score (nSPS) is 24.9. The maximum Gasteiger partial charge on any atom is 0.0451 e. The van der Waals surface area contributed by atoms with E-state index < -0.39 is 0 Å². The lowest BCUT2D eigenvalue weighted by atomic mass is 10.1.